The van der Waals surface area contributed by atoms with Gasteiger partial charge in [0.25, 0.3) is 0 Å². The Hall–Kier alpha value is -1.22. The van der Waals surface area contributed by atoms with Crippen LogP contribution in [-0.4, -0.2) is 26.9 Å². The second kappa shape index (κ2) is 9.77. The maximum Gasteiger partial charge on any atom is 0.119 e. The highest BCUT2D eigenvalue weighted by atomic mass is 16.5. The molecule has 0 saturated heterocycles. The standard InChI is InChI=1S/C15H23O3/c1-3-4-5-6-11-17-12-13-18-15-9-7-14(16-2)8-10-15/h3,7-10H,4-6,11-13H2,1-2H3. The van der Waals surface area contributed by atoms with Gasteiger partial charge in [-0.05, 0) is 37.1 Å². The third-order valence-corrected chi connectivity index (χ3v) is 2.59. The molecule has 0 fully saturated rings. The van der Waals surface area contributed by atoms with E-state index >= 15 is 0 Å². The molecule has 1 rings (SSSR count). The topological polar surface area (TPSA) is 27.7 Å². The van der Waals surface area contributed by atoms with Gasteiger partial charge in [-0.15, -0.1) is 0 Å². The van der Waals surface area contributed by atoms with E-state index in [9.17, 15) is 0 Å². The fourth-order valence-corrected chi connectivity index (χ4v) is 1.55. The Bertz CT molecular complexity index is 295. The zero-order chi connectivity index (χ0) is 13.1. The van der Waals surface area contributed by atoms with E-state index in [1.165, 1.54) is 12.8 Å². The first-order valence-electron chi connectivity index (χ1n) is 6.49. The second-order valence-corrected chi connectivity index (χ2v) is 4.04. The van der Waals surface area contributed by atoms with Crippen molar-refractivity contribution >= 4 is 0 Å². The van der Waals surface area contributed by atoms with Crippen LogP contribution in [0.1, 0.15) is 26.2 Å². The third kappa shape index (κ3) is 6.50. The van der Waals surface area contributed by atoms with Gasteiger partial charge in [0, 0.05) is 6.61 Å². The van der Waals surface area contributed by atoms with Crippen molar-refractivity contribution in [3.8, 4) is 11.5 Å². The summed E-state index contributed by atoms with van der Waals surface area (Å²) in [6.07, 6.45) is 5.68. The van der Waals surface area contributed by atoms with Gasteiger partial charge in [-0.25, -0.2) is 0 Å². The Balaban J connectivity index is 2.00. The van der Waals surface area contributed by atoms with Crippen LogP contribution in [-0.2, 0) is 4.74 Å². The molecule has 0 aliphatic heterocycles. The number of hydrogen-bond acceptors (Lipinski definition) is 3. The molecule has 0 spiro atoms. The van der Waals surface area contributed by atoms with Crippen molar-refractivity contribution in [2.24, 2.45) is 0 Å². The van der Waals surface area contributed by atoms with Crippen molar-refractivity contribution in [2.75, 3.05) is 26.9 Å². The number of methoxy groups -OCH3 is 1. The summed E-state index contributed by atoms with van der Waals surface area (Å²) in [7, 11) is 1.65. The van der Waals surface area contributed by atoms with Gasteiger partial charge in [-0.3, -0.25) is 0 Å². The van der Waals surface area contributed by atoms with Crippen molar-refractivity contribution in [3.63, 3.8) is 0 Å². The first kappa shape index (κ1) is 14.8. The first-order valence-corrected chi connectivity index (χ1v) is 6.49. The van der Waals surface area contributed by atoms with Crippen LogP contribution in [0.15, 0.2) is 24.3 Å². The average molecular weight is 251 g/mol. The van der Waals surface area contributed by atoms with E-state index < -0.39 is 0 Å². The Kier molecular flexibility index (Phi) is 8.06. The summed E-state index contributed by atoms with van der Waals surface area (Å²) in [4.78, 5) is 0. The van der Waals surface area contributed by atoms with Crippen LogP contribution in [0, 0.1) is 6.42 Å². The largest absolute Gasteiger partial charge is 0.497 e. The van der Waals surface area contributed by atoms with Crippen LogP contribution in [0.5, 0.6) is 11.5 Å². The minimum atomic E-state index is 0.590. The van der Waals surface area contributed by atoms with Gasteiger partial charge in [-0.1, -0.05) is 19.8 Å². The molecule has 3 heteroatoms. The number of unbranched alkanes of at least 4 members (excludes halogenated alkanes) is 3. The lowest BCUT2D eigenvalue weighted by Crippen LogP contribution is -2.07. The number of hydrogen-bond donors (Lipinski definition) is 0. The van der Waals surface area contributed by atoms with E-state index in [0.717, 1.165) is 24.5 Å². The summed E-state index contributed by atoms with van der Waals surface area (Å²) in [5.41, 5.74) is 0. The highest BCUT2D eigenvalue weighted by Gasteiger charge is 1.95. The molecule has 0 atom stereocenters. The summed E-state index contributed by atoms with van der Waals surface area (Å²) >= 11 is 0. The van der Waals surface area contributed by atoms with Crippen LogP contribution < -0.4 is 9.47 Å². The highest BCUT2D eigenvalue weighted by molar-refractivity contribution is 5.31. The molecule has 18 heavy (non-hydrogen) atoms. The quantitative estimate of drug-likeness (QED) is 0.596. The van der Waals surface area contributed by atoms with Crippen molar-refractivity contribution in [2.45, 2.75) is 26.2 Å². The molecule has 0 bridgehead atoms. The lowest BCUT2D eigenvalue weighted by molar-refractivity contribution is 0.0974. The van der Waals surface area contributed by atoms with Crippen LogP contribution in [0.2, 0.25) is 0 Å². The molecule has 3 nitrogen and oxygen atoms in total. The zero-order valence-electron chi connectivity index (χ0n) is 11.4. The minimum absolute atomic E-state index is 0.590. The highest BCUT2D eigenvalue weighted by Crippen LogP contribution is 2.16. The lowest BCUT2D eigenvalue weighted by atomic mass is 10.2. The van der Waals surface area contributed by atoms with Gasteiger partial charge < -0.3 is 14.2 Å². The maximum atomic E-state index is 5.55. The van der Waals surface area contributed by atoms with Gasteiger partial charge in [0.2, 0.25) is 0 Å². The van der Waals surface area contributed by atoms with E-state index in [0.29, 0.717) is 13.2 Å². The van der Waals surface area contributed by atoms with Crippen molar-refractivity contribution in [1.29, 1.82) is 0 Å². The Labute approximate surface area is 110 Å². The normalized spacial score (nSPS) is 10.3. The van der Waals surface area contributed by atoms with Crippen molar-refractivity contribution in [3.05, 3.63) is 30.7 Å². The van der Waals surface area contributed by atoms with Gasteiger partial charge in [0.05, 0.1) is 13.7 Å². The van der Waals surface area contributed by atoms with Gasteiger partial charge in [-0.2, -0.15) is 0 Å². The van der Waals surface area contributed by atoms with Gasteiger partial charge in [0.1, 0.15) is 18.1 Å². The van der Waals surface area contributed by atoms with E-state index in [2.05, 4.69) is 13.3 Å². The minimum Gasteiger partial charge on any atom is -0.497 e. The molecular formula is C15H23O3. The molecule has 0 aromatic heterocycles. The number of ether oxygens (including phenoxy) is 3. The molecule has 1 aromatic rings. The summed E-state index contributed by atoms with van der Waals surface area (Å²) in [6.45, 7) is 4.14. The zero-order valence-corrected chi connectivity index (χ0v) is 11.4. The Morgan fingerprint density at radius 1 is 0.944 bits per heavy atom. The number of benzene rings is 1. The molecule has 0 N–H and O–H groups in total. The molecule has 0 amide bonds. The average Bonchev–Trinajstić information content (AvgIpc) is 2.42. The molecule has 0 saturated carbocycles. The monoisotopic (exact) mass is 251 g/mol. The number of rotatable bonds is 10. The molecular weight excluding hydrogens is 228 g/mol. The molecule has 101 valence electrons. The SMILES string of the molecule is C[CH]CCCCOCCOc1ccc(OC)cc1. The molecule has 1 aromatic carbocycles. The molecule has 0 aliphatic carbocycles. The Morgan fingerprint density at radius 2 is 1.67 bits per heavy atom. The smallest absolute Gasteiger partial charge is 0.119 e. The fourth-order valence-electron chi connectivity index (χ4n) is 1.55. The van der Waals surface area contributed by atoms with Crippen LogP contribution in [0.3, 0.4) is 0 Å². The molecule has 0 aliphatic rings. The summed E-state index contributed by atoms with van der Waals surface area (Å²) in [5.74, 6) is 1.69. The van der Waals surface area contributed by atoms with E-state index in [1.807, 2.05) is 24.3 Å². The van der Waals surface area contributed by atoms with Crippen molar-refractivity contribution < 1.29 is 14.2 Å². The van der Waals surface area contributed by atoms with Crippen LogP contribution in [0.4, 0.5) is 0 Å². The van der Waals surface area contributed by atoms with E-state index in [4.69, 9.17) is 14.2 Å². The predicted octanol–water partition coefficient (Wildman–Crippen LogP) is 3.49. The van der Waals surface area contributed by atoms with Crippen molar-refractivity contribution in [1.82, 2.24) is 0 Å². The van der Waals surface area contributed by atoms with Crippen LogP contribution in [0.25, 0.3) is 0 Å². The lowest BCUT2D eigenvalue weighted by Gasteiger charge is -2.07. The summed E-state index contributed by atoms with van der Waals surface area (Å²) < 4.78 is 16.1. The van der Waals surface area contributed by atoms with Crippen LogP contribution >= 0.6 is 0 Å². The molecule has 1 radical (unpaired) electrons. The maximum absolute atomic E-state index is 5.55. The van der Waals surface area contributed by atoms with E-state index in [1.54, 1.807) is 7.11 Å². The van der Waals surface area contributed by atoms with Gasteiger partial charge in [0.15, 0.2) is 0 Å². The first-order chi connectivity index (χ1) is 8.86. The Morgan fingerprint density at radius 3 is 2.33 bits per heavy atom. The van der Waals surface area contributed by atoms with Gasteiger partial charge >= 0.3 is 0 Å². The third-order valence-electron chi connectivity index (χ3n) is 2.59. The second-order valence-electron chi connectivity index (χ2n) is 4.04. The van der Waals surface area contributed by atoms with E-state index in [-0.39, 0.29) is 0 Å². The fraction of sp³-hybridized carbons (Fsp3) is 0.533. The summed E-state index contributed by atoms with van der Waals surface area (Å²) in [6, 6.07) is 7.57. The predicted molar refractivity (Wildman–Crippen MR) is 73.1 cm³/mol. The molecule has 0 unspecified atom stereocenters. The molecule has 0 heterocycles. The summed E-state index contributed by atoms with van der Waals surface area (Å²) in [5, 5.41) is 0.